The molecule has 3 aromatic carbocycles. The molecule has 0 saturated carbocycles. The summed E-state index contributed by atoms with van der Waals surface area (Å²) in [5, 5.41) is 12.4. The number of carbonyl (C=O) groups is 1. The van der Waals surface area contributed by atoms with Gasteiger partial charge in [0.25, 0.3) is 5.91 Å². The summed E-state index contributed by atoms with van der Waals surface area (Å²) in [7, 11) is 0. The number of hydrogen-bond donors (Lipinski definition) is 1. The maximum Gasteiger partial charge on any atom is 0.256 e. The normalized spacial score (nSPS) is 15.0. The Morgan fingerprint density at radius 2 is 1.66 bits per heavy atom. The Morgan fingerprint density at radius 3 is 2.38 bits per heavy atom. The van der Waals surface area contributed by atoms with Gasteiger partial charge in [-0.1, -0.05) is 48.2 Å². The summed E-state index contributed by atoms with van der Waals surface area (Å²) in [6.07, 6.45) is 0. The quantitative estimate of drug-likeness (QED) is 0.556. The van der Waals surface area contributed by atoms with Gasteiger partial charge < -0.3 is 10.1 Å². The molecule has 0 aliphatic carbocycles. The number of amides is 1. The minimum Gasteiger partial charge on any atom is -0.379 e. The molecule has 6 heteroatoms. The van der Waals surface area contributed by atoms with Crippen LogP contribution >= 0.6 is 11.8 Å². The van der Waals surface area contributed by atoms with E-state index in [0.29, 0.717) is 17.2 Å². The first-order valence-electron chi connectivity index (χ1n) is 10.6. The van der Waals surface area contributed by atoms with E-state index in [1.807, 2.05) is 54.6 Å². The smallest absolute Gasteiger partial charge is 0.256 e. The molecule has 1 aliphatic heterocycles. The second-order valence-electron chi connectivity index (χ2n) is 7.61. The lowest BCUT2D eigenvalue weighted by molar-refractivity contribution is 0.0198. The minimum absolute atomic E-state index is 0.170. The SMILES string of the molecule is CC(c1ccc(NC(=O)c2ccccc2Sc2ccccc2C#N)cc1)N1CCOCC1. The van der Waals surface area contributed by atoms with Crippen LogP contribution in [-0.2, 0) is 4.74 Å². The molecule has 1 unspecified atom stereocenters. The minimum atomic E-state index is -0.170. The molecule has 1 heterocycles. The number of rotatable bonds is 6. The van der Waals surface area contributed by atoms with Crippen molar-refractivity contribution in [1.82, 2.24) is 4.90 Å². The zero-order valence-electron chi connectivity index (χ0n) is 18.0. The molecule has 162 valence electrons. The average Bonchev–Trinajstić information content (AvgIpc) is 2.85. The maximum absolute atomic E-state index is 13.0. The molecule has 0 bridgehead atoms. The van der Waals surface area contributed by atoms with Gasteiger partial charge in [-0.05, 0) is 48.9 Å². The third-order valence-corrected chi connectivity index (χ3v) is 6.76. The van der Waals surface area contributed by atoms with Crippen LogP contribution in [0.4, 0.5) is 5.69 Å². The van der Waals surface area contributed by atoms with Crippen molar-refractivity contribution in [3.05, 3.63) is 89.5 Å². The van der Waals surface area contributed by atoms with Gasteiger partial charge in [0.1, 0.15) is 6.07 Å². The van der Waals surface area contributed by atoms with Crippen LogP contribution in [0.1, 0.15) is 34.5 Å². The molecule has 1 amide bonds. The molecule has 0 radical (unpaired) electrons. The number of morpholine rings is 1. The number of nitrogens with zero attached hydrogens (tertiary/aromatic N) is 2. The Hall–Kier alpha value is -3.11. The third-order valence-electron chi connectivity index (χ3n) is 5.60. The Morgan fingerprint density at radius 1 is 1.00 bits per heavy atom. The Kier molecular flexibility index (Phi) is 7.23. The number of ether oxygens (including phenoxy) is 1. The molecule has 1 saturated heterocycles. The molecule has 32 heavy (non-hydrogen) atoms. The van der Waals surface area contributed by atoms with Crippen molar-refractivity contribution >= 4 is 23.4 Å². The van der Waals surface area contributed by atoms with Gasteiger partial charge in [0.2, 0.25) is 0 Å². The van der Waals surface area contributed by atoms with E-state index in [1.165, 1.54) is 17.3 Å². The highest BCUT2D eigenvalue weighted by molar-refractivity contribution is 7.99. The molecule has 1 atom stereocenters. The van der Waals surface area contributed by atoms with E-state index < -0.39 is 0 Å². The first-order chi connectivity index (χ1) is 15.7. The lowest BCUT2D eigenvalue weighted by Crippen LogP contribution is -2.37. The van der Waals surface area contributed by atoms with E-state index in [0.717, 1.165) is 41.8 Å². The topological polar surface area (TPSA) is 65.4 Å². The van der Waals surface area contributed by atoms with Crippen LogP contribution in [-0.4, -0.2) is 37.1 Å². The van der Waals surface area contributed by atoms with Crippen molar-refractivity contribution in [2.75, 3.05) is 31.6 Å². The Bertz CT molecular complexity index is 1120. The van der Waals surface area contributed by atoms with Gasteiger partial charge in [-0.25, -0.2) is 0 Å². The van der Waals surface area contributed by atoms with Crippen molar-refractivity contribution in [2.45, 2.75) is 22.8 Å². The standard InChI is InChI=1S/C26H25N3O2S/c1-19(29-14-16-31-17-15-29)20-10-12-22(13-11-20)28-26(30)23-7-3-5-9-25(23)32-24-8-4-2-6-21(24)18-27/h2-13,19H,14-17H2,1H3,(H,28,30). The molecule has 0 spiro atoms. The first kappa shape index (κ1) is 22.1. The molecule has 1 aliphatic rings. The van der Waals surface area contributed by atoms with Gasteiger partial charge >= 0.3 is 0 Å². The van der Waals surface area contributed by atoms with E-state index in [2.05, 4.69) is 35.3 Å². The van der Waals surface area contributed by atoms with Crippen molar-refractivity contribution in [1.29, 1.82) is 5.26 Å². The van der Waals surface area contributed by atoms with E-state index in [4.69, 9.17) is 4.74 Å². The van der Waals surface area contributed by atoms with Gasteiger partial charge in [0, 0.05) is 34.6 Å². The predicted molar refractivity (Wildman–Crippen MR) is 127 cm³/mol. The van der Waals surface area contributed by atoms with E-state index in [-0.39, 0.29) is 5.91 Å². The maximum atomic E-state index is 13.0. The lowest BCUT2D eigenvalue weighted by atomic mass is 10.1. The molecular weight excluding hydrogens is 418 g/mol. The predicted octanol–water partition coefficient (Wildman–Crippen LogP) is 5.35. The summed E-state index contributed by atoms with van der Waals surface area (Å²) in [6, 6.07) is 25.4. The summed E-state index contributed by atoms with van der Waals surface area (Å²) < 4.78 is 5.44. The second kappa shape index (κ2) is 10.5. The molecule has 1 fully saturated rings. The molecule has 3 aromatic rings. The van der Waals surface area contributed by atoms with Crippen molar-refractivity contribution in [3.63, 3.8) is 0 Å². The zero-order valence-corrected chi connectivity index (χ0v) is 18.8. The van der Waals surface area contributed by atoms with Crippen molar-refractivity contribution in [2.24, 2.45) is 0 Å². The Labute approximate surface area is 193 Å². The van der Waals surface area contributed by atoms with Crippen LogP contribution < -0.4 is 5.32 Å². The largest absolute Gasteiger partial charge is 0.379 e. The van der Waals surface area contributed by atoms with Crippen LogP contribution in [0.25, 0.3) is 0 Å². The second-order valence-corrected chi connectivity index (χ2v) is 8.69. The number of nitriles is 1. The lowest BCUT2D eigenvalue weighted by Gasteiger charge is -2.32. The van der Waals surface area contributed by atoms with Crippen LogP contribution in [0.2, 0.25) is 0 Å². The summed E-state index contributed by atoms with van der Waals surface area (Å²) in [5.41, 5.74) is 3.15. The van der Waals surface area contributed by atoms with Crippen LogP contribution in [0.5, 0.6) is 0 Å². The highest BCUT2D eigenvalue weighted by Crippen LogP contribution is 2.33. The number of benzene rings is 3. The molecule has 4 rings (SSSR count). The average molecular weight is 444 g/mol. The number of nitrogens with one attached hydrogen (secondary N) is 1. The number of hydrogen-bond acceptors (Lipinski definition) is 5. The fourth-order valence-electron chi connectivity index (χ4n) is 3.73. The number of anilines is 1. The zero-order chi connectivity index (χ0) is 22.3. The highest BCUT2D eigenvalue weighted by Gasteiger charge is 2.19. The van der Waals surface area contributed by atoms with E-state index in [1.54, 1.807) is 6.07 Å². The third kappa shape index (κ3) is 5.20. The fourth-order valence-corrected chi connectivity index (χ4v) is 4.75. The number of carbonyl (C=O) groups excluding carboxylic acids is 1. The molecule has 0 aromatic heterocycles. The van der Waals surface area contributed by atoms with Crippen LogP contribution in [0.3, 0.4) is 0 Å². The molecule has 1 N–H and O–H groups in total. The summed E-state index contributed by atoms with van der Waals surface area (Å²) >= 11 is 1.43. The molecule has 5 nitrogen and oxygen atoms in total. The first-order valence-corrected chi connectivity index (χ1v) is 11.5. The van der Waals surface area contributed by atoms with Crippen LogP contribution in [0, 0.1) is 11.3 Å². The van der Waals surface area contributed by atoms with Gasteiger partial charge in [-0.2, -0.15) is 5.26 Å². The van der Waals surface area contributed by atoms with E-state index in [9.17, 15) is 10.1 Å². The summed E-state index contributed by atoms with van der Waals surface area (Å²) in [5.74, 6) is -0.170. The van der Waals surface area contributed by atoms with Crippen LogP contribution in [0.15, 0.2) is 82.6 Å². The Balaban J connectivity index is 1.47. The van der Waals surface area contributed by atoms with Crippen molar-refractivity contribution < 1.29 is 9.53 Å². The monoisotopic (exact) mass is 443 g/mol. The summed E-state index contributed by atoms with van der Waals surface area (Å²) in [4.78, 5) is 17.1. The highest BCUT2D eigenvalue weighted by atomic mass is 32.2. The van der Waals surface area contributed by atoms with Crippen molar-refractivity contribution in [3.8, 4) is 6.07 Å². The fraction of sp³-hybridized carbons (Fsp3) is 0.231. The van der Waals surface area contributed by atoms with E-state index >= 15 is 0 Å². The molecular formula is C26H25N3O2S. The van der Waals surface area contributed by atoms with Gasteiger partial charge in [0.05, 0.1) is 24.3 Å². The van der Waals surface area contributed by atoms with Gasteiger partial charge in [0.15, 0.2) is 0 Å². The summed E-state index contributed by atoms with van der Waals surface area (Å²) in [6.45, 7) is 5.61. The van der Waals surface area contributed by atoms with Gasteiger partial charge in [-0.15, -0.1) is 0 Å². The van der Waals surface area contributed by atoms with Gasteiger partial charge in [-0.3, -0.25) is 9.69 Å².